The SMILES string of the molecule is O=C(NCc1cc(F)ccc1F)c1cccnc1. The summed E-state index contributed by atoms with van der Waals surface area (Å²) >= 11 is 0. The van der Waals surface area contributed by atoms with Gasteiger partial charge >= 0.3 is 0 Å². The minimum Gasteiger partial charge on any atom is -0.348 e. The molecule has 2 rings (SSSR count). The monoisotopic (exact) mass is 248 g/mol. The van der Waals surface area contributed by atoms with E-state index in [1.807, 2.05) is 0 Å². The van der Waals surface area contributed by atoms with Gasteiger partial charge in [0, 0.05) is 24.5 Å². The molecule has 1 heterocycles. The highest BCUT2D eigenvalue weighted by atomic mass is 19.1. The molecule has 0 fully saturated rings. The summed E-state index contributed by atoms with van der Waals surface area (Å²) < 4.78 is 26.2. The molecule has 1 aromatic heterocycles. The number of benzene rings is 1. The van der Waals surface area contributed by atoms with Crippen molar-refractivity contribution in [3.63, 3.8) is 0 Å². The molecule has 0 aliphatic rings. The van der Waals surface area contributed by atoms with Crippen LogP contribution in [0, 0.1) is 11.6 Å². The van der Waals surface area contributed by atoms with E-state index in [4.69, 9.17) is 0 Å². The zero-order chi connectivity index (χ0) is 13.0. The smallest absolute Gasteiger partial charge is 0.253 e. The second-order valence-corrected chi connectivity index (χ2v) is 3.66. The number of pyridine rings is 1. The van der Waals surface area contributed by atoms with Crippen molar-refractivity contribution in [2.75, 3.05) is 0 Å². The highest BCUT2D eigenvalue weighted by molar-refractivity contribution is 5.93. The van der Waals surface area contributed by atoms with Crippen LogP contribution in [0.3, 0.4) is 0 Å². The highest BCUT2D eigenvalue weighted by Crippen LogP contribution is 2.09. The molecule has 92 valence electrons. The Balaban J connectivity index is 2.04. The third-order valence-electron chi connectivity index (χ3n) is 2.37. The van der Waals surface area contributed by atoms with Crippen LogP contribution in [0.15, 0.2) is 42.7 Å². The van der Waals surface area contributed by atoms with Gasteiger partial charge in [0.2, 0.25) is 0 Å². The lowest BCUT2D eigenvalue weighted by atomic mass is 10.2. The van der Waals surface area contributed by atoms with Gasteiger partial charge in [-0.1, -0.05) is 0 Å². The number of hydrogen-bond acceptors (Lipinski definition) is 2. The second kappa shape index (κ2) is 5.35. The predicted octanol–water partition coefficient (Wildman–Crippen LogP) is 2.29. The number of amides is 1. The highest BCUT2D eigenvalue weighted by Gasteiger charge is 2.08. The van der Waals surface area contributed by atoms with Crippen LogP contribution >= 0.6 is 0 Å². The number of carbonyl (C=O) groups is 1. The number of nitrogens with one attached hydrogen (secondary N) is 1. The number of aromatic nitrogens is 1. The minimum atomic E-state index is -0.553. The first-order chi connectivity index (χ1) is 8.66. The van der Waals surface area contributed by atoms with E-state index in [9.17, 15) is 13.6 Å². The molecular weight excluding hydrogens is 238 g/mol. The Morgan fingerprint density at radius 1 is 1.28 bits per heavy atom. The van der Waals surface area contributed by atoms with Gasteiger partial charge in [0.25, 0.3) is 5.91 Å². The van der Waals surface area contributed by atoms with E-state index in [2.05, 4.69) is 10.3 Å². The normalized spacial score (nSPS) is 10.1. The maximum atomic E-state index is 13.3. The molecule has 1 amide bonds. The van der Waals surface area contributed by atoms with Gasteiger partial charge in [-0.2, -0.15) is 0 Å². The predicted molar refractivity (Wildman–Crippen MR) is 61.8 cm³/mol. The van der Waals surface area contributed by atoms with Gasteiger partial charge in [0.15, 0.2) is 0 Å². The minimum absolute atomic E-state index is 0.0721. The van der Waals surface area contributed by atoms with Crippen molar-refractivity contribution >= 4 is 5.91 Å². The summed E-state index contributed by atoms with van der Waals surface area (Å²) in [7, 11) is 0. The van der Waals surface area contributed by atoms with Crippen LogP contribution in [-0.4, -0.2) is 10.9 Å². The molecule has 0 spiro atoms. The third kappa shape index (κ3) is 2.88. The van der Waals surface area contributed by atoms with Gasteiger partial charge in [-0.05, 0) is 30.3 Å². The van der Waals surface area contributed by atoms with E-state index in [0.717, 1.165) is 18.2 Å². The number of halogens is 2. The molecule has 0 aliphatic heterocycles. The lowest BCUT2D eigenvalue weighted by Gasteiger charge is -2.06. The van der Waals surface area contributed by atoms with Crippen LogP contribution < -0.4 is 5.32 Å². The number of rotatable bonds is 3. The molecule has 0 atom stereocenters. The van der Waals surface area contributed by atoms with E-state index in [1.54, 1.807) is 18.3 Å². The van der Waals surface area contributed by atoms with E-state index in [1.165, 1.54) is 6.20 Å². The van der Waals surface area contributed by atoms with Crippen LogP contribution in [0.1, 0.15) is 15.9 Å². The van der Waals surface area contributed by atoms with Crippen LogP contribution in [-0.2, 0) is 6.54 Å². The first-order valence-electron chi connectivity index (χ1n) is 5.29. The Labute approximate surface area is 102 Å². The molecule has 5 heteroatoms. The number of carbonyl (C=O) groups excluding carboxylic acids is 1. The van der Waals surface area contributed by atoms with Gasteiger partial charge in [-0.15, -0.1) is 0 Å². The summed E-state index contributed by atoms with van der Waals surface area (Å²) in [6.45, 7) is -0.0721. The van der Waals surface area contributed by atoms with E-state index in [0.29, 0.717) is 5.56 Å². The van der Waals surface area contributed by atoms with Crippen LogP contribution in [0.2, 0.25) is 0 Å². The standard InChI is InChI=1S/C13H10F2N2O/c14-11-3-4-12(15)10(6-11)8-17-13(18)9-2-1-5-16-7-9/h1-7H,8H2,(H,17,18). The first-order valence-corrected chi connectivity index (χ1v) is 5.29. The quantitative estimate of drug-likeness (QED) is 0.905. The lowest BCUT2D eigenvalue weighted by molar-refractivity contribution is 0.0950. The molecule has 2 aromatic rings. The zero-order valence-electron chi connectivity index (χ0n) is 9.36. The van der Waals surface area contributed by atoms with Crippen molar-refractivity contribution in [1.82, 2.24) is 10.3 Å². The Morgan fingerprint density at radius 2 is 2.11 bits per heavy atom. The fraction of sp³-hybridized carbons (Fsp3) is 0.0769. The molecule has 0 aliphatic carbocycles. The van der Waals surface area contributed by atoms with Gasteiger partial charge in [0.1, 0.15) is 11.6 Å². The summed E-state index contributed by atoms with van der Waals surface area (Å²) in [5.41, 5.74) is 0.474. The summed E-state index contributed by atoms with van der Waals surface area (Å²) in [6.07, 6.45) is 2.94. The van der Waals surface area contributed by atoms with Crippen LogP contribution in [0.25, 0.3) is 0 Å². The lowest BCUT2D eigenvalue weighted by Crippen LogP contribution is -2.23. The summed E-state index contributed by atoms with van der Waals surface area (Å²) in [6, 6.07) is 6.32. The van der Waals surface area contributed by atoms with Crippen molar-refractivity contribution < 1.29 is 13.6 Å². The molecule has 18 heavy (non-hydrogen) atoms. The number of hydrogen-bond donors (Lipinski definition) is 1. The maximum Gasteiger partial charge on any atom is 0.253 e. The molecule has 3 nitrogen and oxygen atoms in total. The van der Waals surface area contributed by atoms with Crippen molar-refractivity contribution in [2.45, 2.75) is 6.54 Å². The number of nitrogens with zero attached hydrogens (tertiary/aromatic N) is 1. The average molecular weight is 248 g/mol. The molecule has 0 bridgehead atoms. The Morgan fingerprint density at radius 3 is 2.83 bits per heavy atom. The van der Waals surface area contributed by atoms with Crippen LogP contribution in [0.4, 0.5) is 8.78 Å². The maximum absolute atomic E-state index is 13.3. The van der Waals surface area contributed by atoms with E-state index < -0.39 is 11.6 Å². The fourth-order valence-electron chi connectivity index (χ4n) is 1.45. The van der Waals surface area contributed by atoms with Crippen molar-refractivity contribution in [1.29, 1.82) is 0 Å². The molecular formula is C13H10F2N2O. The third-order valence-corrected chi connectivity index (χ3v) is 2.37. The average Bonchev–Trinajstić information content (AvgIpc) is 2.40. The van der Waals surface area contributed by atoms with Crippen molar-refractivity contribution in [2.24, 2.45) is 0 Å². The summed E-state index contributed by atoms with van der Waals surface area (Å²) in [5.74, 6) is -1.48. The fourth-order valence-corrected chi connectivity index (χ4v) is 1.45. The molecule has 1 aromatic carbocycles. The van der Waals surface area contributed by atoms with Gasteiger partial charge in [-0.3, -0.25) is 9.78 Å². The molecule has 0 saturated heterocycles. The zero-order valence-corrected chi connectivity index (χ0v) is 9.36. The first kappa shape index (κ1) is 12.2. The van der Waals surface area contributed by atoms with Crippen LogP contribution in [0.5, 0.6) is 0 Å². The summed E-state index contributed by atoms with van der Waals surface area (Å²) in [5, 5.41) is 2.50. The van der Waals surface area contributed by atoms with Gasteiger partial charge < -0.3 is 5.32 Å². The summed E-state index contributed by atoms with van der Waals surface area (Å²) in [4.78, 5) is 15.4. The van der Waals surface area contributed by atoms with Gasteiger partial charge in [-0.25, -0.2) is 8.78 Å². The van der Waals surface area contributed by atoms with Gasteiger partial charge in [0.05, 0.1) is 5.56 Å². The Kier molecular flexibility index (Phi) is 3.62. The largest absolute Gasteiger partial charge is 0.348 e. The van der Waals surface area contributed by atoms with Crippen molar-refractivity contribution in [3.05, 3.63) is 65.5 Å². The second-order valence-electron chi connectivity index (χ2n) is 3.66. The molecule has 0 saturated carbocycles. The topological polar surface area (TPSA) is 42.0 Å². The Bertz CT molecular complexity index is 558. The van der Waals surface area contributed by atoms with E-state index in [-0.39, 0.29) is 18.0 Å². The van der Waals surface area contributed by atoms with Crippen molar-refractivity contribution in [3.8, 4) is 0 Å². The molecule has 1 N–H and O–H groups in total. The van der Waals surface area contributed by atoms with E-state index >= 15 is 0 Å². The Hall–Kier alpha value is -2.30. The molecule has 0 radical (unpaired) electrons. The molecule has 0 unspecified atom stereocenters.